The highest BCUT2D eigenvalue weighted by Gasteiger charge is 2.23. The predicted octanol–water partition coefficient (Wildman–Crippen LogP) is 2.55. The second-order valence-corrected chi connectivity index (χ2v) is 6.44. The lowest BCUT2D eigenvalue weighted by atomic mass is 10.1. The van der Waals surface area contributed by atoms with E-state index in [4.69, 9.17) is 9.84 Å². The zero-order valence-corrected chi connectivity index (χ0v) is 14.1. The van der Waals surface area contributed by atoms with E-state index in [0.717, 1.165) is 32.5 Å². The van der Waals surface area contributed by atoms with Crippen LogP contribution >= 0.6 is 0 Å². The summed E-state index contributed by atoms with van der Waals surface area (Å²) >= 11 is 0. The molecule has 0 saturated carbocycles. The monoisotopic (exact) mass is 306 g/mol. The Morgan fingerprint density at radius 3 is 2.64 bits per heavy atom. The molecule has 2 N–H and O–H groups in total. The molecule has 1 aliphatic heterocycles. The molecule has 0 aromatic heterocycles. The minimum atomic E-state index is 0.270. The minimum Gasteiger partial charge on any atom is -0.396 e. The molecule has 124 valence electrons. The molecule has 1 aromatic rings. The van der Waals surface area contributed by atoms with Crippen LogP contribution in [-0.2, 0) is 11.3 Å². The van der Waals surface area contributed by atoms with Crippen molar-refractivity contribution in [3.63, 3.8) is 0 Å². The summed E-state index contributed by atoms with van der Waals surface area (Å²) in [6, 6.07) is 9.04. The lowest BCUT2D eigenvalue weighted by Crippen LogP contribution is -2.46. The molecule has 0 amide bonds. The summed E-state index contributed by atoms with van der Waals surface area (Å²) in [5, 5.41) is 12.5. The van der Waals surface area contributed by atoms with Gasteiger partial charge in [0.2, 0.25) is 0 Å². The zero-order chi connectivity index (χ0) is 15.9. The fourth-order valence-corrected chi connectivity index (χ4v) is 3.13. The predicted molar refractivity (Wildman–Crippen MR) is 91.3 cm³/mol. The maximum atomic E-state index is 8.92. The minimum absolute atomic E-state index is 0.270. The normalized spacial score (nSPS) is 23.5. The number of aliphatic hydroxyl groups is 1. The van der Waals surface area contributed by atoms with E-state index in [1.54, 1.807) is 0 Å². The van der Waals surface area contributed by atoms with E-state index < -0.39 is 0 Å². The molecule has 4 heteroatoms. The van der Waals surface area contributed by atoms with Crippen LogP contribution in [0.3, 0.4) is 0 Å². The Labute approximate surface area is 134 Å². The van der Waals surface area contributed by atoms with E-state index in [2.05, 4.69) is 55.3 Å². The number of ether oxygens (including phenoxy) is 1. The Balaban J connectivity index is 2.00. The van der Waals surface area contributed by atoms with Crippen LogP contribution in [0.15, 0.2) is 24.3 Å². The molecule has 0 bridgehead atoms. The molecule has 1 aromatic carbocycles. The summed E-state index contributed by atoms with van der Waals surface area (Å²) in [5.41, 5.74) is 2.64. The Kier molecular flexibility index (Phi) is 6.68. The Morgan fingerprint density at radius 1 is 1.27 bits per heavy atom. The van der Waals surface area contributed by atoms with Gasteiger partial charge in [-0.15, -0.1) is 0 Å². The third-order valence-electron chi connectivity index (χ3n) is 4.19. The number of para-hydroxylation sites is 1. The van der Waals surface area contributed by atoms with E-state index in [9.17, 15) is 0 Å². The van der Waals surface area contributed by atoms with E-state index >= 15 is 0 Å². The number of nitrogens with one attached hydrogen (secondary N) is 1. The van der Waals surface area contributed by atoms with Gasteiger partial charge < -0.3 is 20.1 Å². The van der Waals surface area contributed by atoms with Gasteiger partial charge in [-0.05, 0) is 45.2 Å². The summed E-state index contributed by atoms with van der Waals surface area (Å²) in [6.07, 6.45) is 2.40. The van der Waals surface area contributed by atoms with Crippen LogP contribution in [0.5, 0.6) is 0 Å². The van der Waals surface area contributed by atoms with Crippen molar-refractivity contribution in [1.82, 2.24) is 5.32 Å². The highest BCUT2D eigenvalue weighted by atomic mass is 16.5. The van der Waals surface area contributed by atoms with Crippen LogP contribution < -0.4 is 10.2 Å². The number of hydrogen-bond donors (Lipinski definition) is 2. The summed E-state index contributed by atoms with van der Waals surface area (Å²) in [7, 11) is 0. The molecule has 3 unspecified atom stereocenters. The van der Waals surface area contributed by atoms with E-state index in [1.165, 1.54) is 11.3 Å². The van der Waals surface area contributed by atoms with Gasteiger partial charge in [0.1, 0.15) is 0 Å². The third kappa shape index (κ3) is 4.97. The fraction of sp³-hybridized carbons (Fsp3) is 0.667. The average molecular weight is 306 g/mol. The van der Waals surface area contributed by atoms with Gasteiger partial charge in [-0.25, -0.2) is 0 Å². The highest BCUT2D eigenvalue weighted by Crippen LogP contribution is 2.24. The molecule has 1 saturated heterocycles. The third-order valence-corrected chi connectivity index (χ3v) is 4.19. The summed E-state index contributed by atoms with van der Waals surface area (Å²) in [6.45, 7) is 9.48. The maximum Gasteiger partial charge on any atom is 0.0726 e. The van der Waals surface area contributed by atoms with Crippen LogP contribution in [0.25, 0.3) is 0 Å². The largest absolute Gasteiger partial charge is 0.396 e. The molecule has 0 radical (unpaired) electrons. The van der Waals surface area contributed by atoms with E-state index in [1.807, 2.05) is 0 Å². The molecular weight excluding hydrogens is 276 g/mol. The van der Waals surface area contributed by atoms with Crippen molar-refractivity contribution in [3.8, 4) is 0 Å². The SMILES string of the molecule is CC(CCCO)NCc1ccccc1N1CC(C)OC(C)C1. The van der Waals surface area contributed by atoms with Crippen LogP contribution in [0, 0.1) is 0 Å². The van der Waals surface area contributed by atoms with Crippen LogP contribution in [0.2, 0.25) is 0 Å². The Morgan fingerprint density at radius 2 is 1.95 bits per heavy atom. The van der Waals surface area contributed by atoms with Crippen LogP contribution in [0.4, 0.5) is 5.69 Å². The molecule has 1 aliphatic rings. The molecule has 0 aliphatic carbocycles. The first-order valence-corrected chi connectivity index (χ1v) is 8.42. The molecule has 4 nitrogen and oxygen atoms in total. The number of nitrogens with zero attached hydrogens (tertiary/aromatic N) is 1. The van der Waals surface area contributed by atoms with Gasteiger partial charge in [-0.2, -0.15) is 0 Å². The Bertz CT molecular complexity index is 442. The molecule has 0 spiro atoms. The molecule has 1 fully saturated rings. The number of benzene rings is 1. The summed E-state index contributed by atoms with van der Waals surface area (Å²) in [5.74, 6) is 0. The highest BCUT2D eigenvalue weighted by molar-refractivity contribution is 5.54. The number of anilines is 1. The molecule has 3 atom stereocenters. The maximum absolute atomic E-state index is 8.92. The molecular formula is C18H30N2O2. The van der Waals surface area contributed by atoms with Crippen molar-refractivity contribution in [2.24, 2.45) is 0 Å². The molecule has 22 heavy (non-hydrogen) atoms. The van der Waals surface area contributed by atoms with Gasteiger partial charge >= 0.3 is 0 Å². The number of rotatable bonds is 7. The van der Waals surface area contributed by atoms with Gasteiger partial charge in [0.15, 0.2) is 0 Å². The second kappa shape index (κ2) is 8.51. The van der Waals surface area contributed by atoms with E-state index in [0.29, 0.717) is 6.04 Å². The fourth-order valence-electron chi connectivity index (χ4n) is 3.13. The second-order valence-electron chi connectivity index (χ2n) is 6.44. The van der Waals surface area contributed by atoms with Crippen molar-refractivity contribution in [1.29, 1.82) is 0 Å². The van der Waals surface area contributed by atoms with E-state index in [-0.39, 0.29) is 18.8 Å². The lowest BCUT2D eigenvalue weighted by Gasteiger charge is -2.38. The average Bonchev–Trinajstić information content (AvgIpc) is 2.50. The quantitative estimate of drug-likeness (QED) is 0.812. The van der Waals surface area contributed by atoms with Gasteiger partial charge in [0, 0.05) is 38.0 Å². The van der Waals surface area contributed by atoms with Crippen molar-refractivity contribution in [3.05, 3.63) is 29.8 Å². The standard InChI is InChI=1S/C18H30N2O2/c1-14(7-6-10-21)19-11-17-8-4-5-9-18(17)20-12-15(2)22-16(3)13-20/h4-5,8-9,14-16,19,21H,6-7,10-13H2,1-3H3. The Hall–Kier alpha value is -1.10. The van der Waals surface area contributed by atoms with Crippen LogP contribution in [0.1, 0.15) is 39.2 Å². The number of aliphatic hydroxyl groups excluding tert-OH is 1. The van der Waals surface area contributed by atoms with Gasteiger partial charge in [0.05, 0.1) is 12.2 Å². The first-order chi connectivity index (χ1) is 10.6. The lowest BCUT2D eigenvalue weighted by molar-refractivity contribution is -0.00526. The first kappa shape index (κ1) is 17.3. The number of morpholine rings is 1. The van der Waals surface area contributed by atoms with Crippen molar-refractivity contribution in [2.75, 3.05) is 24.6 Å². The number of hydrogen-bond acceptors (Lipinski definition) is 4. The summed E-state index contributed by atoms with van der Waals surface area (Å²) < 4.78 is 5.84. The van der Waals surface area contributed by atoms with Crippen molar-refractivity contribution >= 4 is 5.69 Å². The van der Waals surface area contributed by atoms with Crippen LogP contribution in [-0.4, -0.2) is 43.1 Å². The van der Waals surface area contributed by atoms with Crippen molar-refractivity contribution in [2.45, 2.75) is 58.4 Å². The van der Waals surface area contributed by atoms with Crippen molar-refractivity contribution < 1.29 is 9.84 Å². The smallest absolute Gasteiger partial charge is 0.0726 e. The van der Waals surface area contributed by atoms with Gasteiger partial charge in [-0.3, -0.25) is 0 Å². The topological polar surface area (TPSA) is 44.7 Å². The molecule has 1 heterocycles. The first-order valence-electron chi connectivity index (χ1n) is 8.42. The zero-order valence-electron chi connectivity index (χ0n) is 14.1. The van der Waals surface area contributed by atoms with Gasteiger partial charge in [-0.1, -0.05) is 18.2 Å². The van der Waals surface area contributed by atoms with Gasteiger partial charge in [0.25, 0.3) is 0 Å². The molecule has 2 rings (SSSR count). The summed E-state index contributed by atoms with van der Waals surface area (Å²) in [4.78, 5) is 2.44.